The van der Waals surface area contributed by atoms with E-state index in [1.807, 2.05) is 58.0 Å². The Morgan fingerprint density at radius 3 is 2.96 bits per heavy atom. The molecule has 1 saturated heterocycles. The van der Waals surface area contributed by atoms with Crippen molar-refractivity contribution in [2.24, 2.45) is 0 Å². The number of aromatic nitrogens is 3. The zero-order chi connectivity index (χ0) is 15.8. The first-order chi connectivity index (χ1) is 11.2. The smallest absolute Gasteiger partial charge is 0.254 e. The van der Waals surface area contributed by atoms with Crippen LogP contribution in [0.2, 0.25) is 0 Å². The van der Waals surface area contributed by atoms with Gasteiger partial charge < -0.3 is 4.90 Å². The monoisotopic (exact) mass is 418 g/mol. The molecule has 2 aromatic heterocycles. The molecule has 3 heterocycles. The lowest BCUT2D eigenvalue weighted by atomic mass is 10.1. The molecule has 0 N–H and O–H groups in total. The summed E-state index contributed by atoms with van der Waals surface area (Å²) in [5.41, 5.74) is 1.55. The second-order valence-corrected chi connectivity index (χ2v) is 6.90. The lowest BCUT2D eigenvalue weighted by Crippen LogP contribution is -2.31. The van der Waals surface area contributed by atoms with E-state index in [0.717, 1.165) is 40.0 Å². The maximum atomic E-state index is 12.9. The van der Waals surface area contributed by atoms with Gasteiger partial charge in [0.05, 0.1) is 6.04 Å². The SMILES string of the molecule is O=C(c1cccc(I)c1)N1CCC[C@@H]1c1nnc2ccccn12. The first kappa shape index (κ1) is 14.6. The predicted molar refractivity (Wildman–Crippen MR) is 95.2 cm³/mol. The lowest BCUT2D eigenvalue weighted by Gasteiger charge is -2.23. The highest BCUT2D eigenvalue weighted by molar-refractivity contribution is 14.1. The van der Waals surface area contributed by atoms with Crippen LogP contribution in [0.5, 0.6) is 0 Å². The highest BCUT2D eigenvalue weighted by Gasteiger charge is 2.33. The van der Waals surface area contributed by atoms with E-state index in [1.54, 1.807) is 0 Å². The van der Waals surface area contributed by atoms with Gasteiger partial charge in [0.15, 0.2) is 11.5 Å². The van der Waals surface area contributed by atoms with Crippen LogP contribution in [0, 0.1) is 3.57 Å². The van der Waals surface area contributed by atoms with Gasteiger partial charge in [0, 0.05) is 21.9 Å². The normalized spacial score (nSPS) is 17.8. The van der Waals surface area contributed by atoms with Crippen LogP contribution in [0.25, 0.3) is 5.65 Å². The average molecular weight is 418 g/mol. The number of amides is 1. The van der Waals surface area contributed by atoms with Crippen molar-refractivity contribution < 1.29 is 4.79 Å². The molecule has 0 radical (unpaired) electrons. The molecule has 5 nitrogen and oxygen atoms in total. The summed E-state index contributed by atoms with van der Waals surface area (Å²) in [5, 5.41) is 8.56. The van der Waals surface area contributed by atoms with E-state index in [9.17, 15) is 4.79 Å². The number of nitrogens with zero attached hydrogens (tertiary/aromatic N) is 4. The Labute approximate surface area is 147 Å². The van der Waals surface area contributed by atoms with Crippen molar-refractivity contribution in [1.29, 1.82) is 0 Å². The molecular formula is C17H15IN4O. The van der Waals surface area contributed by atoms with E-state index in [0.29, 0.717) is 0 Å². The zero-order valence-electron chi connectivity index (χ0n) is 12.4. The summed E-state index contributed by atoms with van der Waals surface area (Å²) in [5.74, 6) is 0.913. The third kappa shape index (κ3) is 2.60. The van der Waals surface area contributed by atoms with Crippen molar-refractivity contribution >= 4 is 34.1 Å². The Kier molecular flexibility index (Phi) is 3.76. The summed E-state index contributed by atoms with van der Waals surface area (Å²) in [6.07, 6.45) is 3.87. The summed E-state index contributed by atoms with van der Waals surface area (Å²) in [7, 11) is 0. The standard InChI is InChI=1S/C17H15IN4O/c18-13-6-3-5-12(11-13)17(23)21-10-4-7-14(21)16-20-19-15-8-1-2-9-22(15)16/h1-3,5-6,8-9,11,14H,4,7,10H2/t14-/m1/s1. The quantitative estimate of drug-likeness (QED) is 0.601. The molecule has 0 bridgehead atoms. The number of rotatable bonds is 2. The van der Waals surface area contributed by atoms with E-state index in [4.69, 9.17) is 0 Å². The molecule has 116 valence electrons. The molecule has 1 amide bonds. The number of benzene rings is 1. The van der Waals surface area contributed by atoms with E-state index in [-0.39, 0.29) is 11.9 Å². The number of carbonyl (C=O) groups is 1. The van der Waals surface area contributed by atoms with Gasteiger partial charge in [-0.05, 0) is 65.8 Å². The second kappa shape index (κ2) is 5.92. The maximum Gasteiger partial charge on any atom is 0.254 e. The van der Waals surface area contributed by atoms with Gasteiger partial charge in [0.2, 0.25) is 0 Å². The van der Waals surface area contributed by atoms with Crippen molar-refractivity contribution in [3.05, 3.63) is 63.6 Å². The molecule has 0 spiro atoms. The van der Waals surface area contributed by atoms with Gasteiger partial charge >= 0.3 is 0 Å². The fourth-order valence-corrected chi connectivity index (χ4v) is 3.70. The molecule has 23 heavy (non-hydrogen) atoms. The van der Waals surface area contributed by atoms with E-state index < -0.39 is 0 Å². The van der Waals surface area contributed by atoms with Gasteiger partial charge in [-0.15, -0.1) is 10.2 Å². The average Bonchev–Trinajstić information content (AvgIpc) is 3.20. The van der Waals surface area contributed by atoms with Crippen molar-refractivity contribution in [2.75, 3.05) is 6.54 Å². The van der Waals surface area contributed by atoms with Crippen LogP contribution in [0.4, 0.5) is 0 Å². The molecule has 0 unspecified atom stereocenters. The van der Waals surface area contributed by atoms with Crippen molar-refractivity contribution in [1.82, 2.24) is 19.5 Å². The number of hydrogen-bond acceptors (Lipinski definition) is 3. The number of halogens is 1. The summed E-state index contributed by atoms with van der Waals surface area (Å²) in [6, 6.07) is 13.5. The summed E-state index contributed by atoms with van der Waals surface area (Å²) >= 11 is 2.23. The zero-order valence-corrected chi connectivity index (χ0v) is 14.6. The minimum atomic E-state index is -0.0160. The van der Waals surface area contributed by atoms with Crippen LogP contribution in [-0.2, 0) is 0 Å². The molecule has 6 heteroatoms. The van der Waals surface area contributed by atoms with Crippen molar-refractivity contribution in [2.45, 2.75) is 18.9 Å². The third-order valence-electron chi connectivity index (χ3n) is 4.22. The van der Waals surface area contributed by atoms with Gasteiger partial charge in [-0.1, -0.05) is 12.1 Å². The van der Waals surface area contributed by atoms with Crippen LogP contribution in [0.3, 0.4) is 0 Å². The van der Waals surface area contributed by atoms with Crippen LogP contribution < -0.4 is 0 Å². The fourth-order valence-electron chi connectivity index (χ4n) is 3.15. The largest absolute Gasteiger partial charge is 0.328 e. The Balaban J connectivity index is 1.70. The van der Waals surface area contributed by atoms with Gasteiger partial charge in [-0.25, -0.2) is 0 Å². The Bertz CT molecular complexity index is 876. The number of hydrogen-bond donors (Lipinski definition) is 0. The Hall–Kier alpha value is -1.96. The maximum absolute atomic E-state index is 12.9. The van der Waals surface area contributed by atoms with Crippen molar-refractivity contribution in [3.63, 3.8) is 0 Å². The fraction of sp³-hybridized carbons (Fsp3) is 0.235. The molecule has 1 aliphatic rings. The number of likely N-dealkylation sites (tertiary alicyclic amines) is 1. The van der Waals surface area contributed by atoms with Crippen LogP contribution >= 0.6 is 22.6 Å². The van der Waals surface area contributed by atoms with E-state index >= 15 is 0 Å². The highest BCUT2D eigenvalue weighted by atomic mass is 127. The molecule has 0 aliphatic carbocycles. The first-order valence-electron chi connectivity index (χ1n) is 7.60. The molecule has 1 aromatic carbocycles. The lowest BCUT2D eigenvalue weighted by molar-refractivity contribution is 0.0729. The number of carbonyl (C=O) groups excluding carboxylic acids is 1. The predicted octanol–water partition coefficient (Wildman–Crippen LogP) is 3.31. The first-order valence-corrected chi connectivity index (χ1v) is 8.68. The minimum absolute atomic E-state index is 0.0160. The molecule has 4 rings (SSSR count). The highest BCUT2D eigenvalue weighted by Crippen LogP contribution is 2.32. The molecule has 0 saturated carbocycles. The van der Waals surface area contributed by atoms with Crippen LogP contribution in [-0.4, -0.2) is 31.9 Å². The minimum Gasteiger partial charge on any atom is -0.328 e. The summed E-state index contributed by atoms with van der Waals surface area (Å²) in [4.78, 5) is 14.8. The summed E-state index contributed by atoms with van der Waals surface area (Å²) < 4.78 is 3.04. The molecule has 3 aromatic rings. The van der Waals surface area contributed by atoms with Gasteiger partial charge in [-0.3, -0.25) is 9.20 Å². The van der Waals surface area contributed by atoms with Crippen LogP contribution in [0.1, 0.15) is 35.1 Å². The van der Waals surface area contributed by atoms with Gasteiger partial charge in [0.25, 0.3) is 5.91 Å². The topological polar surface area (TPSA) is 50.5 Å². The second-order valence-electron chi connectivity index (χ2n) is 5.65. The third-order valence-corrected chi connectivity index (χ3v) is 4.89. The molecule has 1 fully saturated rings. The number of pyridine rings is 1. The van der Waals surface area contributed by atoms with Crippen LogP contribution in [0.15, 0.2) is 48.7 Å². The Morgan fingerprint density at radius 1 is 1.17 bits per heavy atom. The van der Waals surface area contributed by atoms with E-state index in [2.05, 4.69) is 32.8 Å². The van der Waals surface area contributed by atoms with E-state index in [1.165, 1.54) is 0 Å². The van der Waals surface area contributed by atoms with Gasteiger partial charge in [0.1, 0.15) is 0 Å². The van der Waals surface area contributed by atoms with Gasteiger partial charge in [-0.2, -0.15) is 0 Å². The summed E-state index contributed by atoms with van der Waals surface area (Å²) in [6.45, 7) is 0.761. The Morgan fingerprint density at radius 2 is 2.09 bits per heavy atom. The van der Waals surface area contributed by atoms with Crippen molar-refractivity contribution in [3.8, 4) is 0 Å². The molecule has 1 atom stereocenters. The number of fused-ring (bicyclic) bond motifs is 1. The molecular weight excluding hydrogens is 403 g/mol. The molecule has 1 aliphatic heterocycles.